The summed E-state index contributed by atoms with van der Waals surface area (Å²) in [6.45, 7) is 6.09. The first kappa shape index (κ1) is 20.6. The number of rotatable bonds is 7. The molecule has 0 fully saturated rings. The molecular formula is C25H28N2O2. The van der Waals surface area contributed by atoms with Crippen molar-refractivity contribution in [3.63, 3.8) is 0 Å². The van der Waals surface area contributed by atoms with Gasteiger partial charge in [0.1, 0.15) is 5.75 Å². The van der Waals surface area contributed by atoms with Crippen molar-refractivity contribution in [1.29, 1.82) is 0 Å². The molecule has 0 aliphatic rings. The van der Waals surface area contributed by atoms with E-state index in [0.717, 1.165) is 41.0 Å². The Morgan fingerprint density at radius 3 is 2.38 bits per heavy atom. The smallest absolute Gasteiger partial charge is 0.274 e. The molecule has 3 rings (SSSR count). The van der Waals surface area contributed by atoms with Crippen LogP contribution in [0.25, 0.3) is 23.3 Å². The molecule has 0 aliphatic heterocycles. The zero-order valence-electron chi connectivity index (χ0n) is 17.6. The van der Waals surface area contributed by atoms with Crippen LogP contribution in [0.5, 0.6) is 5.75 Å². The van der Waals surface area contributed by atoms with Crippen LogP contribution >= 0.6 is 0 Å². The van der Waals surface area contributed by atoms with E-state index in [1.807, 2.05) is 80.6 Å². The fourth-order valence-corrected chi connectivity index (χ4v) is 3.42. The van der Waals surface area contributed by atoms with Crippen LogP contribution in [0.3, 0.4) is 0 Å². The van der Waals surface area contributed by atoms with Crippen molar-refractivity contribution in [3.05, 3.63) is 81.8 Å². The Hall–Kier alpha value is -3.14. The van der Waals surface area contributed by atoms with Gasteiger partial charge in [-0.2, -0.15) is 5.10 Å². The van der Waals surface area contributed by atoms with E-state index < -0.39 is 0 Å². The fourth-order valence-electron chi connectivity index (χ4n) is 3.42. The number of para-hydroxylation sites is 1. The first-order valence-electron chi connectivity index (χ1n) is 10.1. The van der Waals surface area contributed by atoms with Gasteiger partial charge in [0.15, 0.2) is 0 Å². The highest BCUT2D eigenvalue weighted by atomic mass is 16.5. The average molecular weight is 389 g/mol. The molecule has 0 bridgehead atoms. The van der Waals surface area contributed by atoms with Crippen molar-refractivity contribution in [2.75, 3.05) is 7.11 Å². The predicted molar refractivity (Wildman–Crippen MR) is 120 cm³/mol. The zero-order chi connectivity index (χ0) is 20.8. The molecule has 0 spiro atoms. The number of ether oxygens (including phenoxy) is 1. The minimum absolute atomic E-state index is 0.0197. The van der Waals surface area contributed by atoms with Crippen LogP contribution in [0.2, 0.25) is 0 Å². The van der Waals surface area contributed by atoms with Crippen LogP contribution < -0.4 is 10.3 Å². The number of aryl methyl sites for hydroxylation is 1. The first-order chi connectivity index (χ1) is 14.1. The van der Waals surface area contributed by atoms with Crippen LogP contribution in [0.1, 0.15) is 50.1 Å². The average Bonchev–Trinajstić information content (AvgIpc) is 2.74. The predicted octanol–water partition coefficient (Wildman–Crippen LogP) is 5.62. The van der Waals surface area contributed by atoms with Crippen molar-refractivity contribution in [2.24, 2.45) is 0 Å². The topological polar surface area (TPSA) is 44.1 Å². The highest BCUT2D eigenvalue weighted by Crippen LogP contribution is 2.34. The summed E-state index contributed by atoms with van der Waals surface area (Å²) >= 11 is 0. The first-order valence-corrected chi connectivity index (χ1v) is 10.1. The van der Waals surface area contributed by atoms with Crippen molar-refractivity contribution >= 4 is 12.2 Å². The van der Waals surface area contributed by atoms with E-state index in [0.29, 0.717) is 5.56 Å². The summed E-state index contributed by atoms with van der Waals surface area (Å²) in [5.41, 5.74) is 4.27. The van der Waals surface area contributed by atoms with E-state index in [2.05, 4.69) is 6.92 Å². The Labute approximate surface area is 172 Å². The summed E-state index contributed by atoms with van der Waals surface area (Å²) in [5.74, 6) is 0.739. The maximum Gasteiger partial charge on any atom is 0.274 e. The van der Waals surface area contributed by atoms with Gasteiger partial charge in [0.05, 0.1) is 24.4 Å². The van der Waals surface area contributed by atoms with E-state index in [4.69, 9.17) is 9.84 Å². The molecule has 0 atom stereocenters. The number of aromatic nitrogens is 2. The Morgan fingerprint density at radius 1 is 1.03 bits per heavy atom. The molecule has 29 heavy (non-hydrogen) atoms. The van der Waals surface area contributed by atoms with Gasteiger partial charge in [0.25, 0.3) is 5.56 Å². The molecule has 150 valence electrons. The Balaban J connectivity index is 2.33. The van der Waals surface area contributed by atoms with E-state index in [9.17, 15) is 4.79 Å². The maximum atomic E-state index is 13.4. The number of hydrogen-bond donors (Lipinski definition) is 0. The number of benzene rings is 2. The van der Waals surface area contributed by atoms with Crippen LogP contribution in [0.4, 0.5) is 0 Å². The van der Waals surface area contributed by atoms with E-state index in [1.165, 1.54) is 0 Å². The van der Waals surface area contributed by atoms with Gasteiger partial charge < -0.3 is 4.74 Å². The highest BCUT2D eigenvalue weighted by molar-refractivity contribution is 5.84. The number of methoxy groups -OCH3 is 1. The lowest BCUT2D eigenvalue weighted by Crippen LogP contribution is -2.29. The lowest BCUT2D eigenvalue weighted by Gasteiger charge is -2.18. The largest absolute Gasteiger partial charge is 0.496 e. The van der Waals surface area contributed by atoms with Gasteiger partial charge in [-0.3, -0.25) is 4.79 Å². The molecule has 0 unspecified atom stereocenters. The van der Waals surface area contributed by atoms with Gasteiger partial charge in [0, 0.05) is 11.1 Å². The Bertz CT molecular complexity index is 1050. The van der Waals surface area contributed by atoms with E-state index in [-0.39, 0.29) is 11.6 Å². The molecule has 0 amide bonds. The summed E-state index contributed by atoms with van der Waals surface area (Å²) in [6, 6.07) is 17.8. The molecule has 4 nitrogen and oxygen atoms in total. The summed E-state index contributed by atoms with van der Waals surface area (Å²) in [7, 11) is 1.65. The highest BCUT2D eigenvalue weighted by Gasteiger charge is 2.20. The maximum absolute atomic E-state index is 13.4. The van der Waals surface area contributed by atoms with Gasteiger partial charge in [-0.05, 0) is 38.0 Å². The second-order valence-electron chi connectivity index (χ2n) is 7.27. The van der Waals surface area contributed by atoms with Crippen molar-refractivity contribution in [2.45, 2.75) is 39.7 Å². The second kappa shape index (κ2) is 9.37. The molecular weight excluding hydrogens is 360 g/mol. The lowest BCUT2D eigenvalue weighted by atomic mass is 9.95. The van der Waals surface area contributed by atoms with Gasteiger partial charge in [-0.25, -0.2) is 4.68 Å². The van der Waals surface area contributed by atoms with E-state index in [1.54, 1.807) is 11.8 Å². The molecule has 0 N–H and O–H groups in total. The molecule has 3 aromatic rings. The summed E-state index contributed by atoms with van der Waals surface area (Å²) in [5, 5.41) is 4.74. The molecule has 1 heterocycles. The Morgan fingerprint density at radius 2 is 1.72 bits per heavy atom. The second-order valence-corrected chi connectivity index (χ2v) is 7.27. The van der Waals surface area contributed by atoms with Gasteiger partial charge in [0.2, 0.25) is 0 Å². The summed E-state index contributed by atoms with van der Waals surface area (Å²) < 4.78 is 7.20. The monoisotopic (exact) mass is 388 g/mol. The van der Waals surface area contributed by atoms with Crippen molar-refractivity contribution in [1.82, 2.24) is 9.78 Å². The SMILES string of the molecule is CCCc1nn(C(C)C)c(=O)c(C=Cc2ccccc2)c1-c1ccccc1OC. The van der Waals surface area contributed by atoms with Crippen LogP contribution in [-0.4, -0.2) is 16.9 Å². The molecule has 0 saturated heterocycles. The number of hydrogen-bond acceptors (Lipinski definition) is 3. The quantitative estimate of drug-likeness (QED) is 0.527. The lowest BCUT2D eigenvalue weighted by molar-refractivity contribution is 0.416. The van der Waals surface area contributed by atoms with Gasteiger partial charge in [-0.15, -0.1) is 0 Å². The minimum Gasteiger partial charge on any atom is -0.496 e. The fraction of sp³-hybridized carbons (Fsp3) is 0.280. The van der Waals surface area contributed by atoms with Crippen LogP contribution in [-0.2, 0) is 6.42 Å². The molecule has 4 heteroatoms. The molecule has 0 saturated carbocycles. The molecule has 0 radical (unpaired) electrons. The minimum atomic E-state index is -0.0899. The molecule has 0 aliphatic carbocycles. The third kappa shape index (κ3) is 4.48. The number of nitrogens with zero attached hydrogens (tertiary/aromatic N) is 2. The van der Waals surface area contributed by atoms with Crippen molar-refractivity contribution < 1.29 is 4.74 Å². The van der Waals surface area contributed by atoms with E-state index >= 15 is 0 Å². The summed E-state index contributed by atoms with van der Waals surface area (Å²) in [4.78, 5) is 13.4. The third-order valence-electron chi connectivity index (χ3n) is 4.82. The van der Waals surface area contributed by atoms with Crippen LogP contribution in [0, 0.1) is 0 Å². The summed E-state index contributed by atoms with van der Waals surface area (Å²) in [6.07, 6.45) is 5.62. The normalized spacial score (nSPS) is 11.3. The van der Waals surface area contributed by atoms with Gasteiger partial charge in [-0.1, -0.05) is 68.0 Å². The molecule has 2 aromatic carbocycles. The molecule has 1 aromatic heterocycles. The van der Waals surface area contributed by atoms with Gasteiger partial charge >= 0.3 is 0 Å². The Kier molecular flexibility index (Phi) is 6.65. The third-order valence-corrected chi connectivity index (χ3v) is 4.82. The van der Waals surface area contributed by atoms with Crippen LogP contribution in [0.15, 0.2) is 59.4 Å². The van der Waals surface area contributed by atoms with Crippen molar-refractivity contribution in [3.8, 4) is 16.9 Å². The standard InChI is InChI=1S/C25H28N2O2/c1-5-11-22-24(20-14-9-10-15-23(20)29-4)21(25(28)27(26-22)18(2)3)17-16-19-12-7-6-8-13-19/h6-10,12-18H,5,11H2,1-4H3. The zero-order valence-corrected chi connectivity index (χ0v) is 17.6.